The molecule has 25 heavy (non-hydrogen) atoms. The molecule has 1 N–H and O–H groups in total. The van der Waals surface area contributed by atoms with Gasteiger partial charge in [0.2, 0.25) is 0 Å². The lowest BCUT2D eigenvalue weighted by molar-refractivity contribution is 0.0724. The Morgan fingerprint density at radius 2 is 2.00 bits per heavy atom. The molecule has 2 aliphatic heterocycles. The second kappa shape index (κ2) is 7.33. The van der Waals surface area contributed by atoms with Gasteiger partial charge in [-0.3, -0.25) is 9.58 Å². The standard InChI is InChI=1S/C18H32N6O/c1-18(5-7-22(4)8-6-18)14-23-9-10-24-16(13-23)11-15(20-24)12-19-17(25)21(2)3/h11H,5-10,12-14H2,1-4H3,(H,19,25). The number of nitrogens with one attached hydrogen (secondary N) is 1. The van der Waals surface area contributed by atoms with Gasteiger partial charge >= 0.3 is 6.03 Å². The summed E-state index contributed by atoms with van der Waals surface area (Å²) < 4.78 is 2.10. The second-order valence-electron chi connectivity index (χ2n) is 8.23. The van der Waals surface area contributed by atoms with Gasteiger partial charge in [0.05, 0.1) is 24.5 Å². The smallest absolute Gasteiger partial charge is 0.317 e. The third-order valence-corrected chi connectivity index (χ3v) is 5.55. The first-order chi connectivity index (χ1) is 11.8. The van der Waals surface area contributed by atoms with Gasteiger partial charge in [0.15, 0.2) is 0 Å². The minimum Gasteiger partial charge on any atom is -0.332 e. The predicted octanol–water partition coefficient (Wildman–Crippen LogP) is 1.20. The molecule has 0 aliphatic carbocycles. The molecule has 0 aromatic carbocycles. The summed E-state index contributed by atoms with van der Waals surface area (Å²) in [4.78, 5) is 18.2. The molecule has 0 saturated carbocycles. The number of nitrogens with zero attached hydrogens (tertiary/aromatic N) is 5. The number of rotatable bonds is 4. The molecule has 140 valence electrons. The highest BCUT2D eigenvalue weighted by Crippen LogP contribution is 2.32. The van der Waals surface area contributed by atoms with E-state index in [4.69, 9.17) is 0 Å². The number of urea groups is 1. The summed E-state index contributed by atoms with van der Waals surface area (Å²) in [5.41, 5.74) is 2.63. The minimum absolute atomic E-state index is 0.0808. The Morgan fingerprint density at radius 1 is 1.28 bits per heavy atom. The maximum Gasteiger partial charge on any atom is 0.317 e. The average Bonchev–Trinajstić information content (AvgIpc) is 2.97. The normalized spacial score (nSPS) is 21.0. The van der Waals surface area contributed by atoms with Crippen LogP contribution in [0.25, 0.3) is 0 Å². The van der Waals surface area contributed by atoms with Crippen LogP contribution in [0.3, 0.4) is 0 Å². The van der Waals surface area contributed by atoms with Gasteiger partial charge in [-0.25, -0.2) is 4.79 Å². The Balaban J connectivity index is 1.55. The predicted molar refractivity (Wildman–Crippen MR) is 98.3 cm³/mol. The molecule has 0 radical (unpaired) electrons. The van der Waals surface area contributed by atoms with Gasteiger partial charge in [-0.1, -0.05) is 6.92 Å². The quantitative estimate of drug-likeness (QED) is 0.888. The molecular weight excluding hydrogens is 316 g/mol. The van der Waals surface area contributed by atoms with Crippen LogP contribution < -0.4 is 5.32 Å². The van der Waals surface area contributed by atoms with Crippen molar-refractivity contribution in [1.29, 1.82) is 0 Å². The minimum atomic E-state index is -0.0808. The van der Waals surface area contributed by atoms with Gasteiger partial charge in [-0.05, 0) is 44.5 Å². The van der Waals surface area contributed by atoms with Gasteiger partial charge in [0.1, 0.15) is 0 Å². The van der Waals surface area contributed by atoms with E-state index in [0.29, 0.717) is 12.0 Å². The molecule has 2 amide bonds. The molecule has 0 bridgehead atoms. The van der Waals surface area contributed by atoms with Crippen LogP contribution in [0.1, 0.15) is 31.2 Å². The second-order valence-corrected chi connectivity index (χ2v) is 8.23. The lowest BCUT2D eigenvalue weighted by atomic mass is 9.80. The Hall–Kier alpha value is -1.60. The van der Waals surface area contributed by atoms with E-state index in [1.807, 2.05) is 0 Å². The molecule has 1 fully saturated rings. The van der Waals surface area contributed by atoms with E-state index in [1.165, 1.54) is 38.2 Å². The fourth-order valence-corrected chi connectivity index (χ4v) is 3.78. The largest absolute Gasteiger partial charge is 0.332 e. The van der Waals surface area contributed by atoms with Gasteiger partial charge in [-0.15, -0.1) is 0 Å². The number of piperidine rings is 1. The Morgan fingerprint density at radius 3 is 2.68 bits per heavy atom. The number of aromatic nitrogens is 2. The van der Waals surface area contributed by atoms with Crippen LogP contribution in [0.2, 0.25) is 0 Å². The summed E-state index contributed by atoms with van der Waals surface area (Å²) in [6, 6.07) is 2.06. The van der Waals surface area contributed by atoms with E-state index in [9.17, 15) is 4.79 Å². The summed E-state index contributed by atoms with van der Waals surface area (Å²) in [6.07, 6.45) is 2.56. The van der Waals surface area contributed by atoms with E-state index in [-0.39, 0.29) is 6.03 Å². The highest BCUT2D eigenvalue weighted by atomic mass is 16.2. The zero-order valence-electron chi connectivity index (χ0n) is 16.1. The molecule has 2 aliphatic rings. The van der Waals surface area contributed by atoms with E-state index in [0.717, 1.165) is 25.3 Å². The molecule has 0 atom stereocenters. The lowest BCUT2D eigenvalue weighted by Gasteiger charge is -2.42. The van der Waals surface area contributed by atoms with Crippen LogP contribution in [0.5, 0.6) is 0 Å². The molecule has 3 rings (SSSR count). The summed E-state index contributed by atoms with van der Waals surface area (Å²) in [5, 5.41) is 7.53. The average molecular weight is 348 g/mol. The summed E-state index contributed by atoms with van der Waals surface area (Å²) in [6.45, 7) is 9.46. The first-order valence-corrected chi connectivity index (χ1v) is 9.26. The van der Waals surface area contributed by atoms with Crippen LogP contribution in [0, 0.1) is 5.41 Å². The summed E-state index contributed by atoms with van der Waals surface area (Å²) in [5.74, 6) is 0. The highest BCUT2D eigenvalue weighted by Gasteiger charge is 2.32. The van der Waals surface area contributed by atoms with Gasteiger partial charge in [-0.2, -0.15) is 5.10 Å². The lowest BCUT2D eigenvalue weighted by Crippen LogP contribution is -2.45. The van der Waals surface area contributed by atoms with E-state index < -0.39 is 0 Å². The first-order valence-electron chi connectivity index (χ1n) is 9.26. The summed E-state index contributed by atoms with van der Waals surface area (Å²) >= 11 is 0. The Kier molecular flexibility index (Phi) is 5.34. The van der Waals surface area contributed by atoms with E-state index in [1.54, 1.807) is 19.0 Å². The fraction of sp³-hybridized carbons (Fsp3) is 0.778. The maximum absolute atomic E-state index is 11.7. The highest BCUT2D eigenvalue weighted by molar-refractivity contribution is 5.73. The third kappa shape index (κ3) is 4.52. The fourth-order valence-electron chi connectivity index (χ4n) is 3.78. The zero-order valence-corrected chi connectivity index (χ0v) is 16.1. The van der Waals surface area contributed by atoms with E-state index in [2.05, 4.69) is 44.9 Å². The van der Waals surface area contributed by atoms with E-state index >= 15 is 0 Å². The van der Waals surface area contributed by atoms with Gasteiger partial charge in [0.25, 0.3) is 0 Å². The van der Waals surface area contributed by atoms with Gasteiger partial charge in [0, 0.05) is 33.7 Å². The van der Waals surface area contributed by atoms with Crippen LogP contribution in [-0.4, -0.2) is 77.8 Å². The van der Waals surface area contributed by atoms with Crippen molar-refractivity contribution in [2.24, 2.45) is 5.41 Å². The Bertz CT molecular complexity index is 603. The van der Waals surface area contributed by atoms with Crippen LogP contribution in [0.4, 0.5) is 4.79 Å². The number of amides is 2. The number of hydrogen-bond donors (Lipinski definition) is 1. The van der Waals surface area contributed by atoms with Crippen molar-refractivity contribution in [2.75, 3.05) is 47.3 Å². The van der Waals surface area contributed by atoms with Crippen molar-refractivity contribution in [3.8, 4) is 0 Å². The van der Waals surface area contributed by atoms with Crippen molar-refractivity contribution < 1.29 is 4.79 Å². The SMILES string of the molecule is CN1CCC(C)(CN2CCn3nc(CNC(=O)N(C)C)cc3C2)CC1. The maximum atomic E-state index is 11.7. The first kappa shape index (κ1) is 18.2. The molecule has 0 spiro atoms. The van der Waals surface area contributed by atoms with Crippen molar-refractivity contribution in [2.45, 2.75) is 39.4 Å². The Labute approximate surface area is 150 Å². The molecule has 1 saturated heterocycles. The molecule has 0 unspecified atom stereocenters. The molecule has 7 heteroatoms. The third-order valence-electron chi connectivity index (χ3n) is 5.55. The molecule has 1 aromatic rings. The summed E-state index contributed by atoms with van der Waals surface area (Å²) in [7, 11) is 5.71. The zero-order chi connectivity index (χ0) is 18.0. The number of hydrogen-bond acceptors (Lipinski definition) is 4. The monoisotopic (exact) mass is 348 g/mol. The van der Waals surface area contributed by atoms with Crippen molar-refractivity contribution in [3.05, 3.63) is 17.5 Å². The molecular formula is C18H32N6O. The molecule has 3 heterocycles. The van der Waals surface area contributed by atoms with Crippen LogP contribution in [0.15, 0.2) is 6.07 Å². The van der Waals surface area contributed by atoms with Crippen LogP contribution in [-0.2, 0) is 19.6 Å². The van der Waals surface area contributed by atoms with Gasteiger partial charge < -0.3 is 15.1 Å². The van der Waals surface area contributed by atoms with Crippen molar-refractivity contribution >= 4 is 6.03 Å². The number of likely N-dealkylation sites (tertiary alicyclic amines) is 1. The topological polar surface area (TPSA) is 56.6 Å². The van der Waals surface area contributed by atoms with Crippen molar-refractivity contribution in [3.63, 3.8) is 0 Å². The number of carbonyl (C=O) groups is 1. The molecule has 7 nitrogen and oxygen atoms in total. The molecule has 1 aromatic heterocycles. The number of carbonyl (C=O) groups excluding carboxylic acids is 1. The van der Waals surface area contributed by atoms with Crippen molar-refractivity contribution in [1.82, 2.24) is 29.8 Å². The number of fused-ring (bicyclic) bond motifs is 1. The van der Waals surface area contributed by atoms with Crippen LogP contribution >= 0.6 is 0 Å².